The summed E-state index contributed by atoms with van der Waals surface area (Å²) in [7, 11) is -3.91. The molecule has 1 saturated heterocycles. The first-order chi connectivity index (χ1) is 13.3. The van der Waals surface area contributed by atoms with Gasteiger partial charge in [0.25, 0.3) is 5.69 Å². The molecule has 0 saturated carbocycles. The van der Waals surface area contributed by atoms with E-state index < -0.39 is 21.0 Å². The number of fused-ring (bicyclic) bond motifs is 1. The number of aromatic amines is 1. The lowest BCUT2D eigenvalue weighted by molar-refractivity contribution is -0.385. The van der Waals surface area contributed by atoms with Gasteiger partial charge >= 0.3 is 0 Å². The molecular formula is C19H20N4O4S. The van der Waals surface area contributed by atoms with E-state index in [0.717, 1.165) is 17.1 Å². The van der Waals surface area contributed by atoms with Crippen molar-refractivity contribution in [2.75, 3.05) is 6.54 Å². The summed E-state index contributed by atoms with van der Waals surface area (Å²) in [5.74, 6) is 0.599. The van der Waals surface area contributed by atoms with Gasteiger partial charge in [0.15, 0.2) is 0 Å². The number of para-hydroxylation sites is 2. The predicted molar refractivity (Wildman–Crippen MR) is 105 cm³/mol. The van der Waals surface area contributed by atoms with Crippen LogP contribution in [0.1, 0.15) is 35.8 Å². The molecule has 9 heteroatoms. The van der Waals surface area contributed by atoms with Gasteiger partial charge in [0.1, 0.15) is 5.82 Å². The normalized spacial score (nSPS) is 18.0. The maximum absolute atomic E-state index is 13.4. The third-order valence-corrected chi connectivity index (χ3v) is 7.36. The molecule has 0 amide bonds. The molecule has 0 aliphatic carbocycles. The second kappa shape index (κ2) is 6.68. The van der Waals surface area contributed by atoms with Crippen LogP contribution in [-0.4, -0.2) is 34.2 Å². The highest BCUT2D eigenvalue weighted by atomic mass is 32.2. The molecule has 1 fully saturated rings. The van der Waals surface area contributed by atoms with Crippen molar-refractivity contribution in [3.8, 4) is 0 Å². The Balaban J connectivity index is 1.79. The minimum Gasteiger partial charge on any atom is -0.341 e. The van der Waals surface area contributed by atoms with E-state index in [1.165, 1.54) is 10.4 Å². The van der Waals surface area contributed by atoms with Gasteiger partial charge in [-0.3, -0.25) is 10.1 Å². The van der Waals surface area contributed by atoms with Crippen molar-refractivity contribution >= 4 is 26.7 Å². The molecule has 146 valence electrons. The van der Waals surface area contributed by atoms with Crippen LogP contribution in [0, 0.1) is 24.0 Å². The van der Waals surface area contributed by atoms with Gasteiger partial charge < -0.3 is 4.98 Å². The number of aryl methyl sites for hydroxylation is 1. The highest BCUT2D eigenvalue weighted by molar-refractivity contribution is 7.89. The third kappa shape index (κ3) is 2.96. The minimum absolute atomic E-state index is 0.0118. The van der Waals surface area contributed by atoms with E-state index in [1.54, 1.807) is 13.8 Å². The molecule has 3 aromatic rings. The van der Waals surface area contributed by atoms with Crippen molar-refractivity contribution in [1.82, 2.24) is 14.3 Å². The molecule has 2 heterocycles. The number of rotatable bonds is 4. The molecule has 1 atom stereocenters. The number of aromatic nitrogens is 2. The van der Waals surface area contributed by atoms with Crippen molar-refractivity contribution in [3.63, 3.8) is 0 Å². The highest BCUT2D eigenvalue weighted by Gasteiger charge is 2.39. The molecule has 0 bridgehead atoms. The van der Waals surface area contributed by atoms with Crippen molar-refractivity contribution in [1.29, 1.82) is 0 Å². The van der Waals surface area contributed by atoms with Gasteiger partial charge in [0.05, 0.1) is 26.9 Å². The highest BCUT2D eigenvalue weighted by Crippen LogP contribution is 2.38. The molecular weight excluding hydrogens is 380 g/mol. The number of H-pyrrole nitrogens is 1. The van der Waals surface area contributed by atoms with Crippen LogP contribution in [0.2, 0.25) is 0 Å². The van der Waals surface area contributed by atoms with Crippen molar-refractivity contribution < 1.29 is 13.3 Å². The zero-order chi connectivity index (χ0) is 20.1. The number of imidazole rings is 1. The smallest absolute Gasteiger partial charge is 0.271 e. The van der Waals surface area contributed by atoms with Crippen molar-refractivity contribution in [3.05, 3.63) is 63.5 Å². The molecule has 4 rings (SSSR count). The minimum atomic E-state index is -3.91. The molecule has 0 unspecified atom stereocenters. The van der Waals surface area contributed by atoms with Crippen LogP contribution in [-0.2, 0) is 10.0 Å². The van der Waals surface area contributed by atoms with Gasteiger partial charge in [-0.15, -0.1) is 0 Å². The molecule has 1 N–H and O–H groups in total. The fourth-order valence-corrected chi connectivity index (χ4v) is 5.72. The van der Waals surface area contributed by atoms with E-state index in [4.69, 9.17) is 0 Å². The molecule has 0 spiro atoms. The largest absolute Gasteiger partial charge is 0.341 e. The maximum atomic E-state index is 13.4. The fourth-order valence-electron chi connectivity index (χ4n) is 3.74. The maximum Gasteiger partial charge on any atom is 0.271 e. The van der Waals surface area contributed by atoms with Crippen LogP contribution in [0.3, 0.4) is 0 Å². The van der Waals surface area contributed by atoms with Gasteiger partial charge in [0, 0.05) is 18.7 Å². The van der Waals surface area contributed by atoms with E-state index in [2.05, 4.69) is 9.97 Å². The number of benzene rings is 2. The van der Waals surface area contributed by atoms with Gasteiger partial charge in [-0.2, -0.15) is 4.31 Å². The number of hydrogen-bond acceptors (Lipinski definition) is 5. The summed E-state index contributed by atoms with van der Waals surface area (Å²) >= 11 is 0. The Bertz CT molecular complexity index is 1150. The first kappa shape index (κ1) is 18.6. The number of hydrogen-bond donors (Lipinski definition) is 1. The summed E-state index contributed by atoms with van der Waals surface area (Å²) in [6, 6.07) is 9.68. The monoisotopic (exact) mass is 400 g/mol. The predicted octanol–water partition coefficient (Wildman–Crippen LogP) is 3.61. The summed E-state index contributed by atoms with van der Waals surface area (Å²) < 4.78 is 28.3. The molecule has 28 heavy (non-hydrogen) atoms. The number of nitrogens with one attached hydrogen (secondary N) is 1. The standard InChI is InChI=1S/C19H20N4O4S/c1-12-10-14(23(24)25)11-18(13(12)2)28(26,27)22-9-5-8-17(22)19-20-15-6-3-4-7-16(15)21-19/h3-4,6-7,10-11,17H,5,8-9H2,1-2H3,(H,20,21)/t17-/m0/s1. The van der Waals surface area contributed by atoms with Crippen LogP contribution in [0.5, 0.6) is 0 Å². The topological polar surface area (TPSA) is 109 Å². The van der Waals surface area contributed by atoms with Crippen LogP contribution in [0.25, 0.3) is 11.0 Å². The van der Waals surface area contributed by atoms with Crippen LogP contribution in [0.4, 0.5) is 5.69 Å². The second-order valence-corrected chi connectivity index (χ2v) is 8.91. The van der Waals surface area contributed by atoms with Crippen LogP contribution < -0.4 is 0 Å². The van der Waals surface area contributed by atoms with E-state index in [1.807, 2.05) is 24.3 Å². The number of non-ortho nitro benzene ring substituents is 1. The Morgan fingerprint density at radius 2 is 2.00 bits per heavy atom. The van der Waals surface area contributed by atoms with Crippen molar-refractivity contribution in [2.24, 2.45) is 0 Å². The molecule has 2 aromatic carbocycles. The summed E-state index contributed by atoms with van der Waals surface area (Å²) in [5.41, 5.74) is 2.52. The number of nitrogens with zero attached hydrogens (tertiary/aromatic N) is 3. The van der Waals surface area contributed by atoms with Crippen molar-refractivity contribution in [2.45, 2.75) is 37.6 Å². The second-order valence-electron chi connectivity index (χ2n) is 7.06. The third-order valence-electron chi connectivity index (χ3n) is 5.33. The molecule has 8 nitrogen and oxygen atoms in total. The van der Waals surface area contributed by atoms with Gasteiger partial charge in [-0.25, -0.2) is 13.4 Å². The van der Waals surface area contributed by atoms with E-state index in [-0.39, 0.29) is 10.6 Å². The van der Waals surface area contributed by atoms with Crippen LogP contribution >= 0.6 is 0 Å². The molecule has 1 aromatic heterocycles. The fraction of sp³-hybridized carbons (Fsp3) is 0.316. The zero-order valence-electron chi connectivity index (χ0n) is 15.5. The lowest BCUT2D eigenvalue weighted by atomic mass is 10.1. The zero-order valence-corrected chi connectivity index (χ0v) is 16.4. The number of sulfonamides is 1. The summed E-state index contributed by atoms with van der Waals surface area (Å²) in [6.07, 6.45) is 1.35. The SMILES string of the molecule is Cc1cc([N+](=O)[O-])cc(S(=O)(=O)N2CCC[C@H]2c2nc3ccccc3[nH]2)c1C. The lowest BCUT2D eigenvalue weighted by Crippen LogP contribution is -2.31. The Morgan fingerprint density at radius 1 is 1.25 bits per heavy atom. The number of nitro groups is 1. The average molecular weight is 400 g/mol. The lowest BCUT2D eigenvalue weighted by Gasteiger charge is -2.24. The first-order valence-electron chi connectivity index (χ1n) is 9.01. The van der Waals surface area contributed by atoms with E-state index >= 15 is 0 Å². The van der Waals surface area contributed by atoms with Gasteiger partial charge in [-0.1, -0.05) is 12.1 Å². The Kier molecular flexibility index (Phi) is 4.43. The van der Waals surface area contributed by atoms with Gasteiger partial charge in [-0.05, 0) is 49.9 Å². The average Bonchev–Trinajstić information content (AvgIpc) is 3.30. The Labute approximate surface area is 162 Å². The Morgan fingerprint density at radius 3 is 2.71 bits per heavy atom. The van der Waals surface area contributed by atoms with Crippen LogP contribution in [0.15, 0.2) is 41.3 Å². The van der Waals surface area contributed by atoms with E-state index in [0.29, 0.717) is 36.3 Å². The molecule has 1 aliphatic heterocycles. The number of nitro benzene ring substituents is 1. The summed E-state index contributed by atoms with van der Waals surface area (Å²) in [6.45, 7) is 3.71. The Hall–Kier alpha value is -2.78. The summed E-state index contributed by atoms with van der Waals surface area (Å²) in [4.78, 5) is 18.4. The van der Waals surface area contributed by atoms with E-state index in [9.17, 15) is 18.5 Å². The quantitative estimate of drug-likeness (QED) is 0.531. The summed E-state index contributed by atoms with van der Waals surface area (Å²) in [5, 5.41) is 11.2. The first-order valence-corrected chi connectivity index (χ1v) is 10.4. The van der Waals surface area contributed by atoms with Gasteiger partial charge in [0.2, 0.25) is 10.0 Å². The molecule has 1 aliphatic rings. The molecule has 0 radical (unpaired) electrons.